The molecular formula is C45H64N4O4. The summed E-state index contributed by atoms with van der Waals surface area (Å²) in [6.45, 7) is 15.7. The van der Waals surface area contributed by atoms with Crippen molar-refractivity contribution in [1.29, 1.82) is 0 Å². The van der Waals surface area contributed by atoms with Crippen molar-refractivity contribution < 1.29 is 19.1 Å². The maximum Gasteiger partial charge on any atom is 0.310 e. The van der Waals surface area contributed by atoms with Crippen molar-refractivity contribution in [3.63, 3.8) is 0 Å². The SMILES string of the molecule is CCCN(C)C(=O)c1ccc(CN(CCCCCC(=O)N(C)CCN2CCC(OC(=O)Cc3ccccc3-c3ccccc3)CC2)CC(C)(C)C)cc1. The van der Waals surface area contributed by atoms with Gasteiger partial charge in [0.05, 0.1) is 6.42 Å². The molecule has 0 spiro atoms. The Hall–Kier alpha value is -4.01. The van der Waals surface area contributed by atoms with Crippen LogP contribution in [0.4, 0.5) is 0 Å². The Bertz CT molecular complexity index is 1560. The third-order valence-corrected chi connectivity index (χ3v) is 10.0. The van der Waals surface area contributed by atoms with Crippen LogP contribution in [-0.2, 0) is 27.3 Å². The second kappa shape index (κ2) is 21.0. The summed E-state index contributed by atoms with van der Waals surface area (Å²) in [7, 11) is 3.77. The topological polar surface area (TPSA) is 73.4 Å². The number of unbranched alkanes of at least 4 members (excludes halogenated alkanes) is 2. The van der Waals surface area contributed by atoms with Crippen LogP contribution < -0.4 is 0 Å². The van der Waals surface area contributed by atoms with Crippen LogP contribution >= 0.6 is 0 Å². The molecule has 0 radical (unpaired) electrons. The molecule has 1 heterocycles. The predicted octanol–water partition coefficient (Wildman–Crippen LogP) is 7.95. The van der Waals surface area contributed by atoms with Gasteiger partial charge in [-0.2, -0.15) is 0 Å². The Morgan fingerprint density at radius 2 is 1.47 bits per heavy atom. The van der Waals surface area contributed by atoms with E-state index in [4.69, 9.17) is 4.74 Å². The third-order valence-electron chi connectivity index (χ3n) is 10.0. The zero-order valence-corrected chi connectivity index (χ0v) is 33.3. The van der Waals surface area contributed by atoms with Gasteiger partial charge in [0.2, 0.25) is 5.91 Å². The molecule has 0 atom stereocenters. The van der Waals surface area contributed by atoms with Crippen molar-refractivity contribution in [2.75, 3.05) is 59.9 Å². The zero-order chi connectivity index (χ0) is 38.2. The van der Waals surface area contributed by atoms with Gasteiger partial charge in [0.15, 0.2) is 0 Å². The first kappa shape index (κ1) is 41.7. The number of nitrogens with zero attached hydrogens (tertiary/aromatic N) is 4. The molecule has 8 heteroatoms. The molecule has 1 fully saturated rings. The minimum atomic E-state index is -0.172. The summed E-state index contributed by atoms with van der Waals surface area (Å²) < 4.78 is 5.91. The van der Waals surface area contributed by atoms with Crippen molar-refractivity contribution in [2.24, 2.45) is 5.41 Å². The van der Waals surface area contributed by atoms with E-state index in [0.29, 0.717) is 13.0 Å². The second-order valence-corrected chi connectivity index (χ2v) is 16.1. The molecule has 1 saturated heterocycles. The zero-order valence-electron chi connectivity index (χ0n) is 33.3. The molecule has 288 valence electrons. The number of hydrogen-bond acceptors (Lipinski definition) is 6. The predicted molar refractivity (Wildman–Crippen MR) is 216 cm³/mol. The van der Waals surface area contributed by atoms with E-state index in [0.717, 1.165) is 107 Å². The van der Waals surface area contributed by atoms with Crippen LogP contribution in [0.15, 0.2) is 78.9 Å². The van der Waals surface area contributed by atoms with Crippen LogP contribution in [0.3, 0.4) is 0 Å². The van der Waals surface area contributed by atoms with Crippen molar-refractivity contribution in [2.45, 2.75) is 91.7 Å². The lowest BCUT2D eigenvalue weighted by Gasteiger charge is -2.32. The first-order valence-electron chi connectivity index (χ1n) is 19.8. The average Bonchev–Trinajstić information content (AvgIpc) is 3.14. The van der Waals surface area contributed by atoms with E-state index >= 15 is 0 Å². The van der Waals surface area contributed by atoms with Gasteiger partial charge in [-0.05, 0) is 78.5 Å². The fourth-order valence-corrected chi connectivity index (χ4v) is 7.16. The minimum absolute atomic E-state index is 0.0600. The van der Waals surface area contributed by atoms with Gasteiger partial charge in [0.25, 0.3) is 5.91 Å². The number of likely N-dealkylation sites (N-methyl/N-ethyl adjacent to an activating group) is 1. The van der Waals surface area contributed by atoms with Gasteiger partial charge in [0.1, 0.15) is 6.10 Å². The highest BCUT2D eigenvalue weighted by Crippen LogP contribution is 2.25. The Balaban J connectivity index is 1.11. The minimum Gasteiger partial charge on any atom is -0.462 e. The number of hydrogen-bond donors (Lipinski definition) is 0. The quantitative estimate of drug-likeness (QED) is 0.0924. The molecule has 3 aromatic carbocycles. The molecule has 0 unspecified atom stereocenters. The van der Waals surface area contributed by atoms with Crippen LogP contribution in [0.25, 0.3) is 11.1 Å². The summed E-state index contributed by atoms with van der Waals surface area (Å²) >= 11 is 0. The Morgan fingerprint density at radius 1 is 0.792 bits per heavy atom. The fourth-order valence-electron chi connectivity index (χ4n) is 7.16. The summed E-state index contributed by atoms with van der Waals surface area (Å²) in [5.74, 6) is 0.104. The van der Waals surface area contributed by atoms with Gasteiger partial charge in [0, 0.05) is 71.9 Å². The molecule has 0 N–H and O–H groups in total. The molecular weight excluding hydrogens is 661 g/mol. The Labute approximate surface area is 319 Å². The van der Waals surface area contributed by atoms with Crippen LogP contribution in [-0.4, -0.2) is 103 Å². The molecule has 0 saturated carbocycles. The van der Waals surface area contributed by atoms with Crippen LogP contribution in [0.5, 0.6) is 0 Å². The number of likely N-dealkylation sites (tertiary alicyclic amines) is 1. The first-order valence-corrected chi connectivity index (χ1v) is 19.8. The molecule has 0 aliphatic carbocycles. The second-order valence-electron chi connectivity index (χ2n) is 16.1. The van der Waals surface area contributed by atoms with E-state index in [2.05, 4.69) is 67.8 Å². The molecule has 0 bridgehead atoms. The Morgan fingerprint density at radius 3 is 2.15 bits per heavy atom. The van der Waals surface area contributed by atoms with E-state index in [-0.39, 0.29) is 35.7 Å². The number of carbonyl (C=O) groups is 3. The smallest absolute Gasteiger partial charge is 0.310 e. The number of rotatable bonds is 19. The van der Waals surface area contributed by atoms with Gasteiger partial charge in [-0.3, -0.25) is 19.3 Å². The van der Waals surface area contributed by atoms with E-state index in [1.165, 1.54) is 5.56 Å². The summed E-state index contributed by atoms with van der Waals surface area (Å²) in [4.78, 5) is 47.0. The highest BCUT2D eigenvalue weighted by molar-refractivity contribution is 5.94. The normalized spacial score (nSPS) is 13.9. The van der Waals surface area contributed by atoms with E-state index in [9.17, 15) is 14.4 Å². The van der Waals surface area contributed by atoms with Gasteiger partial charge < -0.3 is 19.4 Å². The van der Waals surface area contributed by atoms with Gasteiger partial charge >= 0.3 is 5.97 Å². The summed E-state index contributed by atoms with van der Waals surface area (Å²) in [5, 5.41) is 0. The third kappa shape index (κ3) is 14.4. The van der Waals surface area contributed by atoms with Gasteiger partial charge in [-0.15, -0.1) is 0 Å². The van der Waals surface area contributed by atoms with Crippen LogP contribution in [0.1, 0.15) is 94.1 Å². The molecule has 53 heavy (non-hydrogen) atoms. The highest BCUT2D eigenvalue weighted by atomic mass is 16.5. The van der Waals surface area contributed by atoms with Gasteiger partial charge in [-0.1, -0.05) is 101 Å². The first-order chi connectivity index (χ1) is 25.4. The number of ether oxygens (including phenoxy) is 1. The maximum atomic E-state index is 12.9. The lowest BCUT2D eigenvalue weighted by atomic mass is 9.95. The monoisotopic (exact) mass is 724 g/mol. The molecule has 2 amide bonds. The fraction of sp³-hybridized carbons (Fsp3) is 0.533. The molecule has 8 nitrogen and oxygen atoms in total. The van der Waals surface area contributed by atoms with Crippen LogP contribution in [0.2, 0.25) is 0 Å². The molecule has 3 aromatic rings. The lowest BCUT2D eigenvalue weighted by Crippen LogP contribution is -2.42. The maximum absolute atomic E-state index is 12.9. The van der Waals surface area contributed by atoms with Gasteiger partial charge in [-0.25, -0.2) is 0 Å². The van der Waals surface area contributed by atoms with E-state index in [1.54, 1.807) is 4.90 Å². The summed E-state index contributed by atoms with van der Waals surface area (Å²) in [6.07, 6.45) is 6.31. The van der Waals surface area contributed by atoms with Crippen molar-refractivity contribution in [3.05, 3.63) is 95.6 Å². The summed E-state index contributed by atoms with van der Waals surface area (Å²) in [6, 6.07) is 26.3. The van der Waals surface area contributed by atoms with Crippen molar-refractivity contribution >= 4 is 17.8 Å². The van der Waals surface area contributed by atoms with E-state index in [1.807, 2.05) is 67.5 Å². The highest BCUT2D eigenvalue weighted by Gasteiger charge is 2.24. The van der Waals surface area contributed by atoms with Crippen molar-refractivity contribution in [1.82, 2.24) is 19.6 Å². The van der Waals surface area contributed by atoms with E-state index < -0.39 is 0 Å². The standard InChI is InChI=1S/C45H64N4O4/c1-7-27-47(6)44(52)38-23-21-36(22-24-38)34-49(35-45(2,3)4)28-15-9-12-20-42(50)46(5)31-32-48-29-25-40(26-30-48)53-43(51)33-39-18-13-14-19-41(39)37-16-10-8-11-17-37/h8,10-11,13-14,16-19,21-24,40H,7,9,12,15,20,25-35H2,1-6H3. The number of benzene rings is 3. The number of amides is 2. The number of piperidine rings is 1. The average molecular weight is 725 g/mol. The molecule has 1 aliphatic heterocycles. The lowest BCUT2D eigenvalue weighted by molar-refractivity contribution is -0.150. The molecule has 0 aromatic heterocycles. The van der Waals surface area contributed by atoms with Crippen LogP contribution in [0, 0.1) is 5.41 Å². The number of carbonyl (C=O) groups excluding carboxylic acids is 3. The molecule has 4 rings (SSSR count). The largest absolute Gasteiger partial charge is 0.462 e. The van der Waals surface area contributed by atoms with Crippen molar-refractivity contribution in [3.8, 4) is 11.1 Å². The number of esters is 1. The Kier molecular flexibility index (Phi) is 16.6. The summed E-state index contributed by atoms with van der Waals surface area (Å²) in [5.41, 5.74) is 5.29. The molecule has 1 aliphatic rings.